The van der Waals surface area contributed by atoms with Crippen LogP contribution < -0.4 is 0 Å². The number of nitrogens with zero attached hydrogens (tertiary/aromatic N) is 1. The SMILES string of the molecule is Fc1ccc(C2=NOC(c3cc(C(F)(F)F)cc(C(F)(F)F)c3)(C(F)(F)F)C2)cc1. The minimum atomic E-state index is -5.43. The highest BCUT2D eigenvalue weighted by Gasteiger charge is 2.63. The predicted octanol–water partition coefficient (Wildman–Crippen LogP) is 6.45. The van der Waals surface area contributed by atoms with E-state index in [2.05, 4.69) is 9.99 Å². The van der Waals surface area contributed by atoms with Crippen molar-refractivity contribution in [1.82, 2.24) is 0 Å². The Morgan fingerprint density at radius 3 is 1.70 bits per heavy atom. The monoisotopic (exact) mass is 445 g/mol. The van der Waals surface area contributed by atoms with Crippen LogP contribution in [0.4, 0.5) is 43.9 Å². The molecule has 0 N–H and O–H groups in total. The number of halogens is 10. The molecule has 1 aliphatic rings. The first-order valence-corrected chi connectivity index (χ1v) is 8.01. The van der Waals surface area contributed by atoms with Gasteiger partial charge in [-0.15, -0.1) is 0 Å². The van der Waals surface area contributed by atoms with E-state index in [1.807, 2.05) is 0 Å². The van der Waals surface area contributed by atoms with Crippen molar-refractivity contribution in [3.8, 4) is 0 Å². The third kappa shape index (κ3) is 3.94. The van der Waals surface area contributed by atoms with Crippen LogP contribution in [-0.2, 0) is 22.8 Å². The van der Waals surface area contributed by atoms with Gasteiger partial charge >= 0.3 is 18.5 Å². The van der Waals surface area contributed by atoms with Crippen molar-refractivity contribution in [3.05, 3.63) is 70.5 Å². The molecule has 0 aliphatic carbocycles. The van der Waals surface area contributed by atoms with Crippen LogP contribution in [0.15, 0.2) is 47.6 Å². The molecule has 0 radical (unpaired) electrons. The normalized spacial score (nSPS) is 20.1. The second-order valence-electron chi connectivity index (χ2n) is 6.43. The summed E-state index contributed by atoms with van der Waals surface area (Å²) in [5.74, 6) is -0.715. The van der Waals surface area contributed by atoms with Crippen LogP contribution in [0.5, 0.6) is 0 Å². The Morgan fingerprint density at radius 2 is 1.27 bits per heavy atom. The van der Waals surface area contributed by atoms with Gasteiger partial charge in [-0.2, -0.15) is 39.5 Å². The molecule has 0 fully saturated rings. The summed E-state index contributed by atoms with van der Waals surface area (Å²) >= 11 is 0. The minimum absolute atomic E-state index is 0.0365. The summed E-state index contributed by atoms with van der Waals surface area (Å²) in [6.07, 6.45) is -17.3. The summed E-state index contributed by atoms with van der Waals surface area (Å²) in [7, 11) is 0. The maximum atomic E-state index is 13.9. The molecule has 3 rings (SSSR count). The fourth-order valence-electron chi connectivity index (χ4n) is 2.89. The van der Waals surface area contributed by atoms with E-state index < -0.39 is 58.8 Å². The highest BCUT2D eigenvalue weighted by Crippen LogP contribution is 2.50. The topological polar surface area (TPSA) is 21.6 Å². The van der Waals surface area contributed by atoms with Gasteiger partial charge in [0.25, 0.3) is 5.60 Å². The van der Waals surface area contributed by atoms with Gasteiger partial charge in [0.05, 0.1) is 16.8 Å². The Labute approximate surface area is 161 Å². The van der Waals surface area contributed by atoms with Crippen LogP contribution in [0.2, 0.25) is 0 Å². The van der Waals surface area contributed by atoms with Crippen LogP contribution in [0.25, 0.3) is 0 Å². The van der Waals surface area contributed by atoms with Crippen LogP contribution in [-0.4, -0.2) is 11.9 Å². The van der Waals surface area contributed by atoms with Crippen LogP contribution in [0.3, 0.4) is 0 Å². The summed E-state index contributed by atoms with van der Waals surface area (Å²) in [6, 6.07) is 3.52. The van der Waals surface area contributed by atoms with Gasteiger partial charge in [0.1, 0.15) is 5.82 Å². The quantitative estimate of drug-likeness (QED) is 0.488. The second-order valence-corrected chi connectivity index (χ2v) is 6.43. The van der Waals surface area contributed by atoms with E-state index in [4.69, 9.17) is 0 Å². The lowest BCUT2D eigenvalue weighted by atomic mass is 9.84. The predicted molar refractivity (Wildman–Crippen MR) is 82.8 cm³/mol. The maximum Gasteiger partial charge on any atom is 0.435 e. The molecule has 0 bridgehead atoms. The van der Waals surface area contributed by atoms with E-state index in [-0.39, 0.29) is 23.8 Å². The zero-order valence-corrected chi connectivity index (χ0v) is 14.4. The molecule has 1 aliphatic heterocycles. The summed E-state index contributed by atoms with van der Waals surface area (Å²) in [4.78, 5) is 4.46. The summed E-state index contributed by atoms with van der Waals surface area (Å²) in [6.45, 7) is 0. The Kier molecular flexibility index (Phi) is 5.02. The van der Waals surface area contributed by atoms with Crippen molar-refractivity contribution in [2.75, 3.05) is 0 Å². The molecule has 12 heteroatoms. The third-order valence-electron chi connectivity index (χ3n) is 4.42. The smallest absolute Gasteiger partial charge is 0.374 e. The van der Waals surface area contributed by atoms with Crippen molar-refractivity contribution < 1.29 is 48.7 Å². The molecule has 30 heavy (non-hydrogen) atoms. The van der Waals surface area contributed by atoms with Gasteiger partial charge in [-0.1, -0.05) is 17.3 Å². The number of alkyl halides is 9. The Hall–Kier alpha value is -2.79. The lowest BCUT2D eigenvalue weighted by Crippen LogP contribution is -2.43. The standard InChI is InChI=1S/C18H9F10NO/c19-13-3-1-9(2-4-13)14-8-15(30-29-14,18(26,27)28)10-5-11(16(20,21)22)7-12(6-10)17(23,24)25/h1-7H,8H2. The van der Waals surface area contributed by atoms with Gasteiger partial charge in [0, 0.05) is 12.0 Å². The first kappa shape index (κ1) is 21.9. The maximum absolute atomic E-state index is 13.9. The van der Waals surface area contributed by atoms with Gasteiger partial charge in [0.2, 0.25) is 0 Å². The average molecular weight is 445 g/mol. The fraction of sp³-hybridized carbons (Fsp3) is 0.278. The Bertz CT molecular complexity index is 940. The number of hydrogen-bond acceptors (Lipinski definition) is 2. The lowest BCUT2D eigenvalue weighted by Gasteiger charge is -2.30. The summed E-state index contributed by atoms with van der Waals surface area (Å²) < 4.78 is 133. The van der Waals surface area contributed by atoms with Gasteiger partial charge in [0.15, 0.2) is 0 Å². The van der Waals surface area contributed by atoms with E-state index in [0.29, 0.717) is 0 Å². The largest absolute Gasteiger partial charge is 0.435 e. The average Bonchev–Trinajstić information content (AvgIpc) is 3.07. The molecule has 0 saturated carbocycles. The minimum Gasteiger partial charge on any atom is -0.374 e. The van der Waals surface area contributed by atoms with Crippen LogP contribution >= 0.6 is 0 Å². The molecule has 1 heterocycles. The van der Waals surface area contributed by atoms with E-state index in [1.165, 1.54) is 0 Å². The van der Waals surface area contributed by atoms with Gasteiger partial charge < -0.3 is 4.84 Å². The van der Waals surface area contributed by atoms with Crippen molar-refractivity contribution in [1.29, 1.82) is 0 Å². The first-order chi connectivity index (χ1) is 13.6. The number of benzene rings is 2. The highest BCUT2D eigenvalue weighted by atomic mass is 19.4. The highest BCUT2D eigenvalue weighted by molar-refractivity contribution is 6.01. The van der Waals surface area contributed by atoms with Gasteiger partial charge in [-0.3, -0.25) is 0 Å². The van der Waals surface area contributed by atoms with Crippen molar-refractivity contribution in [3.63, 3.8) is 0 Å². The third-order valence-corrected chi connectivity index (χ3v) is 4.42. The molecule has 0 spiro atoms. The Balaban J connectivity index is 2.15. The van der Waals surface area contributed by atoms with Crippen LogP contribution in [0.1, 0.15) is 28.7 Å². The zero-order valence-electron chi connectivity index (χ0n) is 14.4. The second kappa shape index (κ2) is 6.88. The summed E-state index contributed by atoms with van der Waals surface area (Å²) in [5, 5.41) is 3.23. The van der Waals surface area contributed by atoms with E-state index in [1.54, 1.807) is 0 Å². The molecule has 2 aromatic carbocycles. The molecule has 162 valence electrons. The molecule has 0 amide bonds. The molecule has 2 aromatic rings. The van der Waals surface area contributed by atoms with Crippen molar-refractivity contribution in [2.24, 2.45) is 5.16 Å². The lowest BCUT2D eigenvalue weighted by molar-refractivity contribution is -0.276. The number of hydrogen-bond donors (Lipinski definition) is 0. The summed E-state index contributed by atoms with van der Waals surface area (Å²) in [5.41, 5.74) is -9.29. The first-order valence-electron chi connectivity index (χ1n) is 8.01. The van der Waals surface area contributed by atoms with Crippen molar-refractivity contribution in [2.45, 2.75) is 30.6 Å². The van der Waals surface area contributed by atoms with E-state index in [9.17, 15) is 43.9 Å². The van der Waals surface area contributed by atoms with E-state index in [0.717, 1.165) is 24.3 Å². The molecule has 0 aromatic heterocycles. The molecular formula is C18H9F10NO. The van der Waals surface area contributed by atoms with Gasteiger partial charge in [-0.25, -0.2) is 4.39 Å². The van der Waals surface area contributed by atoms with E-state index >= 15 is 0 Å². The molecule has 1 unspecified atom stereocenters. The van der Waals surface area contributed by atoms with Crippen molar-refractivity contribution >= 4 is 5.71 Å². The molecule has 0 saturated heterocycles. The molecule has 2 nitrogen and oxygen atoms in total. The fourth-order valence-corrected chi connectivity index (χ4v) is 2.89. The van der Waals surface area contributed by atoms with Gasteiger partial charge in [-0.05, 0) is 35.9 Å². The molecular weight excluding hydrogens is 436 g/mol. The molecule has 1 atom stereocenters. The number of oxime groups is 1. The Morgan fingerprint density at radius 1 is 0.767 bits per heavy atom. The zero-order chi connectivity index (χ0) is 22.5. The number of rotatable bonds is 2. The van der Waals surface area contributed by atoms with Crippen LogP contribution in [0, 0.1) is 5.82 Å².